The van der Waals surface area contributed by atoms with E-state index >= 15 is 0 Å². The van der Waals surface area contributed by atoms with E-state index in [1.807, 2.05) is 0 Å². The number of carbonyl (C=O) groups is 5. The molecule has 4 atom stereocenters. The maximum atomic E-state index is 12.7. The number of rotatable bonds is 13. The second kappa shape index (κ2) is 12.7. The quantitative estimate of drug-likeness (QED) is 0.141. The molecule has 1 aromatic heterocycles. The summed E-state index contributed by atoms with van der Waals surface area (Å²) < 4.78 is 0. The number of amides is 4. The molecule has 1 aromatic rings. The SMILES string of the molecule is CC(C)C(NC(=O)C(CS)NC(=O)C(N)CC(N)=O)C(=O)NC(Cc1cnc[nH]1)C(=O)O. The lowest BCUT2D eigenvalue weighted by atomic mass is 10.0. The van der Waals surface area contributed by atoms with Crippen LogP contribution < -0.4 is 27.4 Å². The van der Waals surface area contributed by atoms with Gasteiger partial charge in [-0.05, 0) is 5.92 Å². The van der Waals surface area contributed by atoms with Crippen molar-refractivity contribution in [3.63, 3.8) is 0 Å². The number of nitrogens with zero attached hydrogens (tertiary/aromatic N) is 1. The summed E-state index contributed by atoms with van der Waals surface area (Å²) in [6, 6.07) is -4.75. The number of carboxylic acid groups (broad SMARTS) is 1. The molecule has 14 heteroatoms. The Morgan fingerprint density at radius 1 is 1.09 bits per heavy atom. The highest BCUT2D eigenvalue weighted by Crippen LogP contribution is 2.06. The third kappa shape index (κ3) is 8.55. The normalized spacial score (nSPS) is 14.7. The first-order valence-electron chi connectivity index (χ1n) is 9.72. The van der Waals surface area contributed by atoms with Crippen molar-refractivity contribution in [3.05, 3.63) is 18.2 Å². The van der Waals surface area contributed by atoms with Crippen LogP contribution in [0.5, 0.6) is 0 Å². The zero-order valence-corrected chi connectivity index (χ0v) is 18.6. The standard InChI is InChI=1S/C18H29N7O6S/c1-8(2)14(17(29)23-11(18(30)31)3-9-5-21-7-22-9)25-16(28)12(6-32)24-15(27)10(19)4-13(20)26/h5,7-8,10-12,14,32H,3-4,6,19H2,1-2H3,(H2,20,26)(H,21,22)(H,23,29)(H,24,27)(H,25,28)(H,30,31). The summed E-state index contributed by atoms with van der Waals surface area (Å²) in [5.41, 5.74) is 11.1. The molecule has 32 heavy (non-hydrogen) atoms. The number of carbonyl (C=O) groups excluding carboxylic acids is 4. The molecule has 178 valence electrons. The summed E-state index contributed by atoms with van der Waals surface area (Å²) in [6.45, 7) is 3.32. The zero-order valence-electron chi connectivity index (χ0n) is 17.7. The summed E-state index contributed by atoms with van der Waals surface area (Å²) in [4.78, 5) is 66.5. The lowest BCUT2D eigenvalue weighted by molar-refractivity contribution is -0.142. The molecule has 0 fully saturated rings. The fourth-order valence-corrected chi connectivity index (χ4v) is 2.91. The van der Waals surface area contributed by atoms with Gasteiger partial charge in [0.05, 0.1) is 18.8 Å². The first kappa shape index (κ1) is 26.9. The van der Waals surface area contributed by atoms with E-state index in [-0.39, 0.29) is 12.2 Å². The predicted octanol–water partition coefficient (Wildman–Crippen LogP) is -2.72. The third-order valence-electron chi connectivity index (χ3n) is 4.41. The number of nitrogens with one attached hydrogen (secondary N) is 4. The number of nitrogens with two attached hydrogens (primary N) is 2. The van der Waals surface area contributed by atoms with E-state index in [9.17, 15) is 29.1 Å². The number of aromatic nitrogens is 2. The van der Waals surface area contributed by atoms with Gasteiger partial charge in [-0.2, -0.15) is 12.6 Å². The zero-order chi connectivity index (χ0) is 24.4. The molecule has 13 nitrogen and oxygen atoms in total. The summed E-state index contributed by atoms with van der Waals surface area (Å²) >= 11 is 4.03. The van der Waals surface area contributed by atoms with Crippen molar-refractivity contribution >= 4 is 42.2 Å². The van der Waals surface area contributed by atoms with E-state index in [2.05, 4.69) is 38.5 Å². The van der Waals surface area contributed by atoms with Crippen LogP contribution in [0.25, 0.3) is 0 Å². The number of aliphatic carboxylic acids is 1. The monoisotopic (exact) mass is 471 g/mol. The van der Waals surface area contributed by atoms with Gasteiger partial charge in [-0.1, -0.05) is 13.8 Å². The fourth-order valence-electron chi connectivity index (χ4n) is 2.65. The van der Waals surface area contributed by atoms with Crippen LogP contribution in [-0.2, 0) is 30.4 Å². The lowest BCUT2D eigenvalue weighted by Gasteiger charge is -2.26. The number of imidazole rings is 1. The Kier molecular flexibility index (Phi) is 10.6. The van der Waals surface area contributed by atoms with Crippen molar-refractivity contribution in [2.45, 2.75) is 50.9 Å². The van der Waals surface area contributed by atoms with Crippen LogP contribution in [0.2, 0.25) is 0 Å². The predicted molar refractivity (Wildman–Crippen MR) is 116 cm³/mol. The average Bonchev–Trinajstić information content (AvgIpc) is 3.21. The molecule has 0 spiro atoms. The summed E-state index contributed by atoms with van der Waals surface area (Å²) in [7, 11) is 0. The molecule has 1 heterocycles. The van der Waals surface area contributed by atoms with E-state index in [0.717, 1.165) is 0 Å². The Hall–Kier alpha value is -3.13. The maximum Gasteiger partial charge on any atom is 0.326 e. The van der Waals surface area contributed by atoms with Crippen molar-refractivity contribution in [1.29, 1.82) is 0 Å². The van der Waals surface area contributed by atoms with Gasteiger partial charge in [-0.15, -0.1) is 0 Å². The van der Waals surface area contributed by atoms with Gasteiger partial charge in [0.15, 0.2) is 0 Å². The van der Waals surface area contributed by atoms with Gasteiger partial charge in [-0.25, -0.2) is 9.78 Å². The Balaban J connectivity index is 2.82. The molecule has 4 amide bonds. The van der Waals surface area contributed by atoms with Crippen LogP contribution in [0, 0.1) is 5.92 Å². The van der Waals surface area contributed by atoms with Gasteiger partial charge in [0, 0.05) is 24.1 Å². The summed E-state index contributed by atoms with van der Waals surface area (Å²) in [6.07, 6.45) is 2.38. The van der Waals surface area contributed by atoms with Crippen molar-refractivity contribution in [2.75, 3.05) is 5.75 Å². The molecule has 0 aromatic carbocycles. The average molecular weight is 472 g/mol. The Morgan fingerprint density at radius 2 is 1.72 bits per heavy atom. The van der Waals surface area contributed by atoms with E-state index in [4.69, 9.17) is 11.5 Å². The van der Waals surface area contributed by atoms with Crippen LogP contribution in [0.4, 0.5) is 0 Å². The van der Waals surface area contributed by atoms with Gasteiger partial charge in [0.2, 0.25) is 23.6 Å². The van der Waals surface area contributed by atoms with Crippen molar-refractivity contribution in [1.82, 2.24) is 25.9 Å². The van der Waals surface area contributed by atoms with E-state index < -0.39 is 66.1 Å². The van der Waals surface area contributed by atoms with Crippen LogP contribution in [-0.4, -0.2) is 74.6 Å². The van der Waals surface area contributed by atoms with Crippen molar-refractivity contribution in [2.24, 2.45) is 17.4 Å². The largest absolute Gasteiger partial charge is 0.480 e. The molecule has 0 aliphatic carbocycles. The van der Waals surface area contributed by atoms with Crippen molar-refractivity contribution < 1.29 is 29.1 Å². The highest BCUT2D eigenvalue weighted by Gasteiger charge is 2.31. The summed E-state index contributed by atoms with van der Waals surface area (Å²) in [5.74, 6) is -4.79. The highest BCUT2D eigenvalue weighted by molar-refractivity contribution is 7.80. The smallest absolute Gasteiger partial charge is 0.326 e. The van der Waals surface area contributed by atoms with Gasteiger partial charge in [-0.3, -0.25) is 19.2 Å². The number of hydrogen-bond donors (Lipinski definition) is 8. The molecule has 0 aliphatic heterocycles. The second-order valence-corrected chi connectivity index (χ2v) is 7.80. The maximum absolute atomic E-state index is 12.7. The molecule has 0 radical (unpaired) electrons. The summed E-state index contributed by atoms with van der Waals surface area (Å²) in [5, 5.41) is 16.7. The van der Waals surface area contributed by atoms with Crippen molar-refractivity contribution in [3.8, 4) is 0 Å². The van der Waals surface area contributed by atoms with Gasteiger partial charge < -0.3 is 37.5 Å². The molecule has 4 unspecified atom stereocenters. The van der Waals surface area contributed by atoms with Crippen LogP contribution in [0.3, 0.4) is 0 Å². The number of aromatic amines is 1. The number of H-pyrrole nitrogens is 1. The molecule has 0 saturated heterocycles. The molecule has 9 N–H and O–H groups in total. The Bertz CT molecular complexity index is 817. The topological polar surface area (TPSA) is 222 Å². The van der Waals surface area contributed by atoms with E-state index in [1.54, 1.807) is 13.8 Å². The Labute approximate surface area is 189 Å². The van der Waals surface area contributed by atoms with Crippen LogP contribution in [0.15, 0.2) is 12.5 Å². The number of primary amides is 1. The van der Waals surface area contributed by atoms with Gasteiger partial charge in [0.1, 0.15) is 18.1 Å². The first-order chi connectivity index (χ1) is 15.0. The number of hydrogen-bond acceptors (Lipinski definition) is 8. The molecule has 0 saturated carbocycles. The molecular weight excluding hydrogens is 442 g/mol. The minimum Gasteiger partial charge on any atom is -0.480 e. The van der Waals surface area contributed by atoms with Crippen LogP contribution in [0.1, 0.15) is 26.0 Å². The number of carboxylic acids is 1. The van der Waals surface area contributed by atoms with Gasteiger partial charge in [0.25, 0.3) is 0 Å². The number of thiol groups is 1. The Morgan fingerprint density at radius 3 is 2.19 bits per heavy atom. The minimum absolute atomic E-state index is 0.0348. The van der Waals surface area contributed by atoms with Gasteiger partial charge >= 0.3 is 5.97 Å². The second-order valence-electron chi connectivity index (χ2n) is 7.43. The van der Waals surface area contributed by atoms with E-state index in [0.29, 0.717) is 5.69 Å². The van der Waals surface area contributed by atoms with E-state index in [1.165, 1.54) is 12.5 Å². The first-order valence-corrected chi connectivity index (χ1v) is 10.3. The third-order valence-corrected chi connectivity index (χ3v) is 4.78. The fraction of sp³-hybridized carbons (Fsp3) is 0.556. The lowest BCUT2D eigenvalue weighted by Crippen LogP contribution is -2.59. The molecule has 1 rings (SSSR count). The minimum atomic E-state index is -1.26. The molecule has 0 aliphatic rings. The van der Waals surface area contributed by atoms with Crippen LogP contribution >= 0.6 is 12.6 Å². The molecule has 0 bridgehead atoms. The molecular formula is C18H29N7O6S. The highest BCUT2D eigenvalue weighted by atomic mass is 32.1.